The zero-order valence-electron chi connectivity index (χ0n) is 15.7. The first-order valence-electron chi connectivity index (χ1n) is 9.05. The number of pyridine rings is 1. The molecule has 3 rings (SSSR count). The van der Waals surface area contributed by atoms with Gasteiger partial charge in [0.2, 0.25) is 10.0 Å². The molecule has 0 unspecified atom stereocenters. The molecule has 2 heterocycles. The molecule has 1 atom stereocenters. The van der Waals surface area contributed by atoms with Crippen LogP contribution in [0, 0.1) is 0 Å². The zero-order valence-corrected chi connectivity index (χ0v) is 16.5. The third kappa shape index (κ3) is 5.75. The van der Waals surface area contributed by atoms with Crippen molar-refractivity contribution in [3.05, 3.63) is 54.4 Å². The van der Waals surface area contributed by atoms with Crippen LogP contribution in [-0.4, -0.2) is 50.0 Å². The highest BCUT2D eigenvalue weighted by Crippen LogP contribution is 2.27. The van der Waals surface area contributed by atoms with Gasteiger partial charge in [0.25, 0.3) is 0 Å². The Labute approximate surface area is 172 Å². The molecule has 0 bridgehead atoms. The minimum Gasteiger partial charge on any atom is -0.383 e. The lowest BCUT2D eigenvalue weighted by Gasteiger charge is -2.23. The standard InChI is InChI=1S/C19H24N4O4S.CH4/c1-27-14-17-5-3-11-23(17)28(25,26)18-8-6-16(7-9-18)22-19(24)21-13-15-4-2-10-20-12-15;/h2,4,6-10,12,17H,3,5,11,13-14H2,1H3,(H2,21,22,24);1H4/t17-;/m0./s1. The summed E-state index contributed by atoms with van der Waals surface area (Å²) in [6.45, 7) is 1.23. The lowest BCUT2D eigenvalue weighted by molar-refractivity contribution is 0.149. The smallest absolute Gasteiger partial charge is 0.319 e. The number of carbonyl (C=O) groups excluding carboxylic acids is 1. The molecule has 158 valence electrons. The van der Waals surface area contributed by atoms with Crippen LogP contribution in [-0.2, 0) is 21.3 Å². The molecule has 29 heavy (non-hydrogen) atoms. The van der Waals surface area contributed by atoms with E-state index < -0.39 is 10.0 Å². The third-order valence-corrected chi connectivity index (χ3v) is 6.54. The fraction of sp³-hybridized carbons (Fsp3) is 0.400. The predicted octanol–water partition coefficient (Wildman–Crippen LogP) is 2.84. The molecule has 1 aromatic heterocycles. The highest BCUT2D eigenvalue weighted by atomic mass is 32.2. The largest absolute Gasteiger partial charge is 0.383 e. The van der Waals surface area contributed by atoms with Crippen LogP contribution in [0.5, 0.6) is 0 Å². The van der Waals surface area contributed by atoms with Gasteiger partial charge in [-0.1, -0.05) is 13.5 Å². The maximum atomic E-state index is 12.9. The van der Waals surface area contributed by atoms with Crippen LogP contribution in [0.4, 0.5) is 10.5 Å². The average molecular weight is 421 g/mol. The number of urea groups is 1. The number of benzene rings is 1. The first-order valence-corrected chi connectivity index (χ1v) is 10.5. The molecule has 0 radical (unpaired) electrons. The molecule has 0 aliphatic carbocycles. The Bertz CT molecular complexity index is 888. The maximum absolute atomic E-state index is 12.9. The fourth-order valence-electron chi connectivity index (χ4n) is 3.19. The van der Waals surface area contributed by atoms with Crippen LogP contribution < -0.4 is 10.6 Å². The van der Waals surface area contributed by atoms with Gasteiger partial charge in [0, 0.05) is 44.3 Å². The lowest BCUT2D eigenvalue weighted by Crippen LogP contribution is -2.38. The molecule has 0 saturated carbocycles. The van der Waals surface area contributed by atoms with Crippen LogP contribution in [0.3, 0.4) is 0 Å². The summed E-state index contributed by atoms with van der Waals surface area (Å²) < 4.78 is 32.4. The van der Waals surface area contributed by atoms with Crippen LogP contribution >= 0.6 is 0 Å². The van der Waals surface area contributed by atoms with E-state index in [0.29, 0.717) is 25.4 Å². The van der Waals surface area contributed by atoms with Crippen molar-refractivity contribution in [2.75, 3.05) is 25.6 Å². The molecular weight excluding hydrogens is 392 g/mol. The van der Waals surface area contributed by atoms with Crippen molar-refractivity contribution < 1.29 is 17.9 Å². The topological polar surface area (TPSA) is 101 Å². The van der Waals surface area contributed by atoms with Gasteiger partial charge in [0.15, 0.2) is 0 Å². The van der Waals surface area contributed by atoms with E-state index in [1.54, 1.807) is 37.7 Å². The highest BCUT2D eigenvalue weighted by Gasteiger charge is 2.35. The summed E-state index contributed by atoms with van der Waals surface area (Å²) in [5.74, 6) is 0. The van der Waals surface area contributed by atoms with Crippen molar-refractivity contribution in [3.8, 4) is 0 Å². The Hall–Kier alpha value is -2.49. The molecule has 0 spiro atoms. The van der Waals surface area contributed by atoms with E-state index in [9.17, 15) is 13.2 Å². The number of rotatable bonds is 7. The van der Waals surface area contributed by atoms with E-state index in [4.69, 9.17) is 4.74 Å². The summed E-state index contributed by atoms with van der Waals surface area (Å²) in [4.78, 5) is 16.2. The number of sulfonamides is 1. The van der Waals surface area contributed by atoms with Crippen molar-refractivity contribution >= 4 is 21.7 Å². The Morgan fingerprint density at radius 3 is 2.69 bits per heavy atom. The van der Waals surface area contributed by atoms with Crippen LogP contribution in [0.1, 0.15) is 25.8 Å². The van der Waals surface area contributed by atoms with Gasteiger partial charge < -0.3 is 15.4 Å². The van der Waals surface area contributed by atoms with E-state index >= 15 is 0 Å². The normalized spacial score (nSPS) is 16.8. The molecule has 1 aliphatic rings. The van der Waals surface area contributed by atoms with Crippen molar-refractivity contribution in [1.29, 1.82) is 0 Å². The number of amides is 2. The molecule has 1 aromatic carbocycles. The van der Waals surface area contributed by atoms with Gasteiger partial charge >= 0.3 is 6.03 Å². The van der Waals surface area contributed by atoms with Crippen molar-refractivity contribution in [3.63, 3.8) is 0 Å². The van der Waals surface area contributed by atoms with Crippen LogP contribution in [0.2, 0.25) is 0 Å². The van der Waals surface area contributed by atoms with E-state index in [1.165, 1.54) is 16.4 Å². The van der Waals surface area contributed by atoms with E-state index in [2.05, 4.69) is 15.6 Å². The number of aromatic nitrogens is 1. The van der Waals surface area contributed by atoms with Gasteiger partial charge in [0.05, 0.1) is 11.5 Å². The number of carbonyl (C=O) groups is 1. The summed E-state index contributed by atoms with van der Waals surface area (Å²) in [6, 6.07) is 9.33. The summed E-state index contributed by atoms with van der Waals surface area (Å²) in [7, 11) is -2.01. The Kier molecular flexibility index (Phi) is 8.12. The summed E-state index contributed by atoms with van der Waals surface area (Å²) in [5.41, 5.74) is 1.40. The van der Waals surface area contributed by atoms with E-state index in [0.717, 1.165) is 18.4 Å². The number of hydrogen-bond acceptors (Lipinski definition) is 5. The minimum atomic E-state index is -3.58. The molecule has 8 nitrogen and oxygen atoms in total. The maximum Gasteiger partial charge on any atom is 0.319 e. The molecular formula is C20H28N4O4S. The summed E-state index contributed by atoms with van der Waals surface area (Å²) >= 11 is 0. The van der Waals surface area contributed by atoms with Crippen LogP contribution in [0.25, 0.3) is 0 Å². The molecule has 1 saturated heterocycles. The van der Waals surface area contributed by atoms with Crippen LogP contribution in [0.15, 0.2) is 53.7 Å². The van der Waals surface area contributed by atoms with Crippen molar-refractivity contribution in [2.45, 2.75) is 37.8 Å². The molecule has 1 fully saturated rings. The Morgan fingerprint density at radius 1 is 1.28 bits per heavy atom. The second kappa shape index (κ2) is 10.3. The number of hydrogen-bond donors (Lipinski definition) is 2. The number of methoxy groups -OCH3 is 1. The molecule has 1 aliphatic heterocycles. The van der Waals surface area contributed by atoms with E-state index in [1.807, 2.05) is 6.07 Å². The predicted molar refractivity (Wildman–Crippen MR) is 112 cm³/mol. The highest BCUT2D eigenvalue weighted by molar-refractivity contribution is 7.89. The van der Waals surface area contributed by atoms with Gasteiger partial charge in [-0.3, -0.25) is 4.98 Å². The molecule has 2 amide bonds. The lowest BCUT2D eigenvalue weighted by atomic mass is 10.2. The fourth-order valence-corrected chi connectivity index (χ4v) is 4.87. The van der Waals surface area contributed by atoms with Gasteiger partial charge in [-0.25, -0.2) is 13.2 Å². The van der Waals surface area contributed by atoms with Crippen molar-refractivity contribution in [2.24, 2.45) is 0 Å². The summed E-state index contributed by atoms with van der Waals surface area (Å²) in [6.07, 6.45) is 4.96. The Balaban J connectivity index is 0.00000300. The second-order valence-corrected chi connectivity index (χ2v) is 8.45. The first-order chi connectivity index (χ1) is 13.5. The number of nitrogens with zero attached hydrogens (tertiary/aromatic N) is 2. The SMILES string of the molecule is C.COC[C@@H]1CCCN1S(=O)(=O)c1ccc(NC(=O)NCc2cccnc2)cc1. The monoisotopic (exact) mass is 420 g/mol. The van der Waals surface area contributed by atoms with Gasteiger partial charge in [-0.15, -0.1) is 0 Å². The van der Waals surface area contributed by atoms with E-state index in [-0.39, 0.29) is 24.4 Å². The first kappa shape index (κ1) is 22.8. The Morgan fingerprint density at radius 2 is 2.03 bits per heavy atom. The second-order valence-electron chi connectivity index (χ2n) is 6.56. The zero-order chi connectivity index (χ0) is 20.0. The molecule has 9 heteroatoms. The molecule has 2 aromatic rings. The van der Waals surface area contributed by atoms with Gasteiger partial charge in [0.1, 0.15) is 0 Å². The summed E-state index contributed by atoms with van der Waals surface area (Å²) in [5, 5.41) is 5.42. The number of anilines is 1. The number of nitrogens with one attached hydrogen (secondary N) is 2. The van der Waals surface area contributed by atoms with Crippen molar-refractivity contribution in [1.82, 2.24) is 14.6 Å². The number of ether oxygens (including phenoxy) is 1. The quantitative estimate of drug-likeness (QED) is 0.717. The third-order valence-electron chi connectivity index (χ3n) is 4.58. The van der Waals surface area contributed by atoms with Gasteiger partial charge in [-0.2, -0.15) is 4.31 Å². The van der Waals surface area contributed by atoms with Gasteiger partial charge in [-0.05, 0) is 48.7 Å². The minimum absolute atomic E-state index is 0. The average Bonchev–Trinajstić information content (AvgIpc) is 3.17. The molecule has 2 N–H and O–H groups in total.